The lowest BCUT2D eigenvalue weighted by molar-refractivity contribution is -0.144. The van der Waals surface area contributed by atoms with Crippen LogP contribution in [0.4, 0.5) is 0 Å². The second-order valence-electron chi connectivity index (χ2n) is 1.86. The zero-order valence-corrected chi connectivity index (χ0v) is 6.11. The Kier molecular flexibility index (Phi) is 4.60. The van der Waals surface area contributed by atoms with Crippen LogP contribution in [0.5, 0.6) is 0 Å². The molecule has 0 atom stereocenters. The lowest BCUT2D eigenvalue weighted by Crippen LogP contribution is -2.10. The first-order chi connectivity index (χ1) is 5.16. The first-order valence-corrected chi connectivity index (χ1v) is 2.97. The highest BCUT2D eigenvalue weighted by atomic mass is 16.5. The van der Waals surface area contributed by atoms with Crippen molar-refractivity contribution < 1.29 is 19.1 Å². The van der Waals surface area contributed by atoms with E-state index in [4.69, 9.17) is 5.53 Å². The molecule has 60 valence electrons. The molecule has 0 aromatic heterocycles. The molecule has 5 heteroatoms. The lowest BCUT2D eigenvalue weighted by Gasteiger charge is -1.94. The average Bonchev–Trinajstić information content (AvgIpc) is 1.86. The molecule has 0 saturated carbocycles. The van der Waals surface area contributed by atoms with E-state index in [0.717, 1.165) is 6.21 Å². The molecule has 0 aliphatic heterocycles. The molecule has 0 N–H and O–H groups in total. The topological polar surface area (TPSA) is 79.8 Å². The molecule has 0 aliphatic rings. The van der Waals surface area contributed by atoms with Crippen molar-refractivity contribution in [2.75, 3.05) is 6.61 Å². The molecule has 11 heavy (non-hydrogen) atoms. The summed E-state index contributed by atoms with van der Waals surface area (Å²) in [5.41, 5.74) is 7.87. The van der Waals surface area contributed by atoms with Crippen molar-refractivity contribution in [1.29, 1.82) is 0 Å². The third-order valence-electron chi connectivity index (χ3n) is 0.794. The van der Waals surface area contributed by atoms with Crippen molar-refractivity contribution in [3.63, 3.8) is 0 Å². The standard InChI is InChI=1S/C6H8N2O3/c1-5(9)4-6(10)11-3-2-8-7/h2H,3-4H2,1H3. The molecule has 0 saturated heterocycles. The molecule has 0 spiro atoms. The van der Waals surface area contributed by atoms with Crippen molar-refractivity contribution in [1.82, 2.24) is 0 Å². The summed E-state index contributed by atoms with van der Waals surface area (Å²) in [6.45, 7) is 1.18. The fourth-order valence-corrected chi connectivity index (χ4v) is 0.418. The Morgan fingerprint density at radius 3 is 2.73 bits per heavy atom. The third-order valence-corrected chi connectivity index (χ3v) is 0.794. The van der Waals surface area contributed by atoms with Crippen LogP contribution in [0.3, 0.4) is 0 Å². The van der Waals surface area contributed by atoms with Crippen LogP contribution >= 0.6 is 0 Å². The number of rotatable bonds is 4. The molecule has 0 amide bonds. The lowest BCUT2D eigenvalue weighted by atomic mass is 10.3. The molecule has 0 rings (SSSR count). The van der Waals surface area contributed by atoms with Gasteiger partial charge in [-0.25, -0.2) is 0 Å². The van der Waals surface area contributed by atoms with Gasteiger partial charge in [0.1, 0.15) is 12.2 Å². The highest BCUT2D eigenvalue weighted by molar-refractivity contribution is 5.94. The predicted molar refractivity (Wildman–Crippen MR) is 35.9 cm³/mol. The highest BCUT2D eigenvalue weighted by Crippen LogP contribution is 1.85. The van der Waals surface area contributed by atoms with E-state index in [1.165, 1.54) is 6.92 Å². The van der Waals surface area contributed by atoms with Gasteiger partial charge in [-0.2, -0.15) is 4.79 Å². The van der Waals surface area contributed by atoms with Crippen LogP contribution in [0.2, 0.25) is 0 Å². The van der Waals surface area contributed by atoms with E-state index in [9.17, 15) is 9.59 Å². The third kappa shape index (κ3) is 6.40. The summed E-state index contributed by atoms with van der Waals surface area (Å²) in [6.07, 6.45) is 0.775. The summed E-state index contributed by atoms with van der Waals surface area (Å²) in [5, 5.41) is 0. The highest BCUT2D eigenvalue weighted by Gasteiger charge is 2.05. The van der Waals surface area contributed by atoms with Gasteiger partial charge < -0.3 is 10.3 Å². The van der Waals surface area contributed by atoms with Crippen LogP contribution in [0.15, 0.2) is 0 Å². The van der Waals surface area contributed by atoms with Crippen LogP contribution in [-0.4, -0.2) is 29.4 Å². The minimum atomic E-state index is -0.614. The Balaban J connectivity index is 3.53. The van der Waals surface area contributed by atoms with E-state index >= 15 is 0 Å². The van der Waals surface area contributed by atoms with Crippen LogP contribution < -0.4 is 0 Å². The molecular formula is C6H8N2O3. The van der Waals surface area contributed by atoms with Crippen LogP contribution in [0.25, 0.3) is 5.53 Å². The summed E-state index contributed by atoms with van der Waals surface area (Å²) in [7, 11) is 0. The number of ketones is 1. The maximum absolute atomic E-state index is 10.5. The van der Waals surface area contributed by atoms with Crippen molar-refractivity contribution >= 4 is 18.0 Å². The van der Waals surface area contributed by atoms with Crippen molar-refractivity contribution in [2.24, 2.45) is 0 Å². The normalized spacial score (nSPS) is 8.09. The Bertz CT molecular complexity index is 206. The summed E-state index contributed by atoms with van der Waals surface area (Å²) in [5.74, 6) is -0.867. The molecule has 0 aromatic carbocycles. The number of Topliss-reactive ketones (excluding diaryl/α,β-unsaturated/α-hetero) is 1. The molecule has 0 heterocycles. The minimum Gasteiger partial charge on any atom is -0.453 e. The maximum atomic E-state index is 10.5. The summed E-state index contributed by atoms with van der Waals surface area (Å²) in [6, 6.07) is 0. The van der Waals surface area contributed by atoms with Gasteiger partial charge in [0.05, 0.1) is 0 Å². The van der Waals surface area contributed by atoms with E-state index in [1.54, 1.807) is 0 Å². The summed E-state index contributed by atoms with van der Waals surface area (Å²) < 4.78 is 4.42. The second-order valence-corrected chi connectivity index (χ2v) is 1.86. The molecule has 0 fully saturated rings. The van der Waals surface area contributed by atoms with E-state index in [0.29, 0.717) is 0 Å². The van der Waals surface area contributed by atoms with Crippen molar-refractivity contribution in [2.45, 2.75) is 13.3 Å². The van der Waals surface area contributed by atoms with Gasteiger partial charge in [0.15, 0.2) is 6.61 Å². The van der Waals surface area contributed by atoms with E-state index in [2.05, 4.69) is 9.53 Å². The number of hydrogen-bond acceptors (Lipinski definition) is 3. The van der Waals surface area contributed by atoms with E-state index in [1.807, 2.05) is 0 Å². The van der Waals surface area contributed by atoms with E-state index < -0.39 is 5.97 Å². The number of hydrogen-bond donors (Lipinski definition) is 0. The quantitative estimate of drug-likeness (QED) is 0.186. The summed E-state index contributed by atoms with van der Waals surface area (Å²) >= 11 is 0. The molecule has 0 aliphatic carbocycles. The Labute approximate surface area is 63.6 Å². The molecular weight excluding hydrogens is 148 g/mol. The zero-order chi connectivity index (χ0) is 8.69. The zero-order valence-electron chi connectivity index (χ0n) is 6.11. The molecule has 0 bridgehead atoms. The van der Waals surface area contributed by atoms with Gasteiger partial charge in [-0.15, -0.1) is 0 Å². The van der Waals surface area contributed by atoms with Crippen molar-refractivity contribution in [3.8, 4) is 0 Å². The Hall–Kier alpha value is -1.48. The number of carbonyl (C=O) groups excluding carboxylic acids is 2. The van der Waals surface area contributed by atoms with Crippen molar-refractivity contribution in [3.05, 3.63) is 5.53 Å². The number of nitrogens with zero attached hydrogens (tertiary/aromatic N) is 2. The molecule has 0 radical (unpaired) electrons. The minimum absolute atomic E-state index is 0.109. The molecule has 0 unspecified atom stereocenters. The fraction of sp³-hybridized carbons (Fsp3) is 0.500. The number of carbonyl (C=O) groups is 2. The number of esters is 1. The average molecular weight is 156 g/mol. The van der Waals surface area contributed by atoms with Gasteiger partial charge in [-0.3, -0.25) is 9.59 Å². The smallest absolute Gasteiger partial charge is 0.313 e. The van der Waals surface area contributed by atoms with Gasteiger partial charge in [-0.05, 0) is 6.92 Å². The monoisotopic (exact) mass is 156 g/mol. The van der Waals surface area contributed by atoms with Gasteiger partial charge in [0.2, 0.25) is 0 Å². The van der Waals surface area contributed by atoms with Crippen LogP contribution in [0, 0.1) is 0 Å². The SMILES string of the molecule is CC(=O)CC(=O)OCC=[N+]=[N-]. The van der Waals surface area contributed by atoms with E-state index in [-0.39, 0.29) is 18.8 Å². The predicted octanol–water partition coefficient (Wildman–Crippen LogP) is -0.191. The number of ether oxygens (including phenoxy) is 1. The fourth-order valence-electron chi connectivity index (χ4n) is 0.418. The largest absolute Gasteiger partial charge is 0.453 e. The van der Waals surface area contributed by atoms with Gasteiger partial charge >= 0.3 is 5.97 Å². The van der Waals surface area contributed by atoms with Gasteiger partial charge in [0.25, 0.3) is 6.21 Å². The van der Waals surface area contributed by atoms with Crippen LogP contribution in [0.1, 0.15) is 13.3 Å². The Morgan fingerprint density at radius 2 is 2.27 bits per heavy atom. The van der Waals surface area contributed by atoms with Gasteiger partial charge in [0, 0.05) is 0 Å². The first-order valence-electron chi connectivity index (χ1n) is 2.97. The molecule has 0 aromatic rings. The molecule has 5 nitrogen and oxygen atoms in total. The Morgan fingerprint density at radius 1 is 1.64 bits per heavy atom. The van der Waals surface area contributed by atoms with Gasteiger partial charge in [-0.1, -0.05) is 0 Å². The second kappa shape index (κ2) is 5.32. The van der Waals surface area contributed by atoms with Crippen LogP contribution in [-0.2, 0) is 14.3 Å². The summed E-state index contributed by atoms with van der Waals surface area (Å²) in [4.78, 5) is 23.4. The maximum Gasteiger partial charge on any atom is 0.313 e. The first kappa shape index (κ1) is 9.52.